The molecular formula is C19H19FN2O4. The van der Waals surface area contributed by atoms with E-state index in [9.17, 15) is 14.0 Å². The van der Waals surface area contributed by atoms with Gasteiger partial charge >= 0.3 is 0 Å². The van der Waals surface area contributed by atoms with Gasteiger partial charge in [-0.05, 0) is 29.8 Å². The number of hydrogen-bond donors (Lipinski definition) is 1. The van der Waals surface area contributed by atoms with Crippen molar-refractivity contribution in [3.63, 3.8) is 0 Å². The average molecular weight is 358 g/mol. The molecule has 1 aliphatic rings. The van der Waals surface area contributed by atoms with Crippen LogP contribution in [-0.4, -0.2) is 25.2 Å². The fourth-order valence-corrected chi connectivity index (χ4v) is 2.67. The Morgan fingerprint density at radius 1 is 1.15 bits per heavy atom. The number of hydrogen-bond acceptors (Lipinski definition) is 4. The summed E-state index contributed by atoms with van der Waals surface area (Å²) in [6.45, 7) is 1.97. The Kier molecular flexibility index (Phi) is 5.36. The van der Waals surface area contributed by atoms with Crippen molar-refractivity contribution >= 4 is 17.5 Å². The topological polar surface area (TPSA) is 67.9 Å². The predicted molar refractivity (Wildman–Crippen MR) is 93.5 cm³/mol. The van der Waals surface area contributed by atoms with Crippen LogP contribution in [0, 0.1) is 5.82 Å². The normalized spacial score (nSPS) is 11.9. The number of halogens is 1. The Labute approximate surface area is 150 Å². The molecule has 0 aliphatic carbocycles. The number of rotatable bonds is 6. The van der Waals surface area contributed by atoms with E-state index in [1.54, 1.807) is 18.2 Å². The fraction of sp³-hybridized carbons (Fsp3) is 0.263. The average Bonchev–Trinajstić information content (AvgIpc) is 3.09. The number of benzene rings is 2. The van der Waals surface area contributed by atoms with Crippen molar-refractivity contribution in [2.75, 3.05) is 18.2 Å². The maximum absolute atomic E-state index is 13.9. The van der Waals surface area contributed by atoms with Crippen molar-refractivity contribution in [1.29, 1.82) is 0 Å². The Morgan fingerprint density at radius 3 is 2.69 bits per heavy atom. The van der Waals surface area contributed by atoms with Gasteiger partial charge in [-0.25, -0.2) is 4.39 Å². The summed E-state index contributed by atoms with van der Waals surface area (Å²) in [7, 11) is 0. The van der Waals surface area contributed by atoms with Crippen LogP contribution in [0.4, 0.5) is 10.1 Å². The molecule has 0 aromatic heterocycles. The minimum Gasteiger partial charge on any atom is -0.454 e. The van der Waals surface area contributed by atoms with Crippen LogP contribution in [0.15, 0.2) is 42.5 Å². The first-order chi connectivity index (χ1) is 12.5. The van der Waals surface area contributed by atoms with Gasteiger partial charge in [0, 0.05) is 26.4 Å². The van der Waals surface area contributed by atoms with E-state index >= 15 is 0 Å². The van der Waals surface area contributed by atoms with Gasteiger partial charge in [0.05, 0.1) is 5.69 Å². The highest BCUT2D eigenvalue weighted by Gasteiger charge is 2.17. The second kappa shape index (κ2) is 7.86. The quantitative estimate of drug-likeness (QED) is 0.862. The van der Waals surface area contributed by atoms with E-state index in [1.165, 1.54) is 24.0 Å². The molecule has 2 aromatic carbocycles. The van der Waals surface area contributed by atoms with E-state index in [-0.39, 0.29) is 37.3 Å². The summed E-state index contributed by atoms with van der Waals surface area (Å²) in [5.41, 5.74) is 1.05. The molecule has 0 saturated carbocycles. The summed E-state index contributed by atoms with van der Waals surface area (Å²) in [6, 6.07) is 11.4. The van der Waals surface area contributed by atoms with Gasteiger partial charge in [-0.15, -0.1) is 0 Å². The molecule has 1 N–H and O–H groups in total. The summed E-state index contributed by atoms with van der Waals surface area (Å²) in [5.74, 6) is 0.286. The molecule has 0 radical (unpaired) electrons. The lowest BCUT2D eigenvalue weighted by Crippen LogP contribution is -2.34. The van der Waals surface area contributed by atoms with Crippen molar-refractivity contribution in [2.24, 2.45) is 0 Å². The van der Waals surface area contributed by atoms with Crippen LogP contribution in [0.1, 0.15) is 18.9 Å². The SMILES string of the molecule is CC(=O)N(CCC(=O)NCc1ccc2c(c1)OCO2)c1ccccc1F. The van der Waals surface area contributed by atoms with Gasteiger partial charge in [0.2, 0.25) is 18.6 Å². The molecule has 2 amide bonds. The number of fused-ring (bicyclic) bond motifs is 1. The number of carbonyl (C=O) groups is 2. The van der Waals surface area contributed by atoms with Crippen molar-refractivity contribution in [3.8, 4) is 11.5 Å². The van der Waals surface area contributed by atoms with Crippen molar-refractivity contribution in [2.45, 2.75) is 19.9 Å². The predicted octanol–water partition coefficient (Wildman–Crippen LogP) is 2.61. The van der Waals surface area contributed by atoms with E-state index in [0.717, 1.165) is 5.56 Å². The molecule has 7 heteroatoms. The third kappa shape index (κ3) is 4.11. The fourth-order valence-electron chi connectivity index (χ4n) is 2.67. The van der Waals surface area contributed by atoms with Gasteiger partial charge in [-0.2, -0.15) is 0 Å². The molecule has 6 nitrogen and oxygen atoms in total. The standard InChI is InChI=1S/C19H19FN2O4/c1-13(23)22(16-5-3-2-4-15(16)20)9-8-19(24)21-11-14-6-7-17-18(10-14)26-12-25-17/h2-7,10H,8-9,11-12H2,1H3,(H,21,24). The van der Waals surface area contributed by atoms with Gasteiger partial charge in [-0.3, -0.25) is 9.59 Å². The van der Waals surface area contributed by atoms with E-state index < -0.39 is 5.82 Å². The third-order valence-electron chi connectivity index (χ3n) is 4.01. The zero-order valence-electron chi connectivity index (χ0n) is 14.3. The monoisotopic (exact) mass is 358 g/mol. The maximum Gasteiger partial charge on any atom is 0.231 e. The molecule has 3 rings (SSSR count). The Balaban J connectivity index is 1.54. The van der Waals surface area contributed by atoms with Crippen LogP contribution >= 0.6 is 0 Å². The number of ether oxygens (including phenoxy) is 2. The molecule has 1 heterocycles. The zero-order chi connectivity index (χ0) is 18.5. The summed E-state index contributed by atoms with van der Waals surface area (Å²) >= 11 is 0. The van der Waals surface area contributed by atoms with Crippen LogP contribution in [0.3, 0.4) is 0 Å². The summed E-state index contributed by atoms with van der Waals surface area (Å²) < 4.78 is 24.4. The lowest BCUT2D eigenvalue weighted by Gasteiger charge is -2.21. The lowest BCUT2D eigenvalue weighted by atomic mass is 10.2. The maximum atomic E-state index is 13.9. The highest BCUT2D eigenvalue weighted by Crippen LogP contribution is 2.32. The smallest absolute Gasteiger partial charge is 0.231 e. The molecule has 0 unspecified atom stereocenters. The molecule has 0 fully saturated rings. The highest BCUT2D eigenvalue weighted by atomic mass is 19.1. The van der Waals surface area contributed by atoms with E-state index in [4.69, 9.17) is 9.47 Å². The van der Waals surface area contributed by atoms with Gasteiger partial charge in [0.25, 0.3) is 0 Å². The minimum absolute atomic E-state index is 0.0679. The van der Waals surface area contributed by atoms with Gasteiger partial charge in [-0.1, -0.05) is 18.2 Å². The van der Waals surface area contributed by atoms with Crippen LogP contribution < -0.4 is 19.7 Å². The molecule has 26 heavy (non-hydrogen) atoms. The van der Waals surface area contributed by atoms with Crippen LogP contribution in [0.25, 0.3) is 0 Å². The van der Waals surface area contributed by atoms with Crippen LogP contribution in [-0.2, 0) is 16.1 Å². The summed E-state index contributed by atoms with van der Waals surface area (Å²) in [5, 5.41) is 2.78. The molecule has 0 atom stereocenters. The van der Waals surface area contributed by atoms with Crippen molar-refractivity contribution < 1.29 is 23.5 Å². The van der Waals surface area contributed by atoms with E-state index in [0.29, 0.717) is 18.0 Å². The lowest BCUT2D eigenvalue weighted by molar-refractivity contribution is -0.121. The number of anilines is 1. The Morgan fingerprint density at radius 2 is 1.92 bits per heavy atom. The van der Waals surface area contributed by atoms with Gasteiger partial charge in [0.15, 0.2) is 11.5 Å². The number of carbonyl (C=O) groups excluding carboxylic acids is 2. The molecule has 0 bridgehead atoms. The largest absolute Gasteiger partial charge is 0.454 e. The second-order valence-corrected chi connectivity index (χ2v) is 5.84. The zero-order valence-corrected chi connectivity index (χ0v) is 14.3. The van der Waals surface area contributed by atoms with E-state index in [1.807, 2.05) is 12.1 Å². The molecule has 2 aromatic rings. The molecular weight excluding hydrogens is 339 g/mol. The van der Waals surface area contributed by atoms with E-state index in [2.05, 4.69) is 5.32 Å². The number of nitrogens with zero attached hydrogens (tertiary/aromatic N) is 1. The van der Waals surface area contributed by atoms with Crippen LogP contribution in [0.5, 0.6) is 11.5 Å². The van der Waals surface area contributed by atoms with Gasteiger partial charge in [0.1, 0.15) is 5.82 Å². The summed E-state index contributed by atoms with van der Waals surface area (Å²) in [4.78, 5) is 25.2. The summed E-state index contributed by atoms with van der Waals surface area (Å²) in [6.07, 6.45) is 0.0679. The van der Waals surface area contributed by atoms with Crippen molar-refractivity contribution in [3.05, 3.63) is 53.8 Å². The molecule has 136 valence electrons. The molecule has 1 aliphatic heterocycles. The first kappa shape index (κ1) is 17.7. The molecule has 0 saturated heterocycles. The second-order valence-electron chi connectivity index (χ2n) is 5.84. The van der Waals surface area contributed by atoms with Crippen LogP contribution in [0.2, 0.25) is 0 Å². The van der Waals surface area contributed by atoms with Crippen molar-refractivity contribution in [1.82, 2.24) is 5.32 Å². The Hall–Kier alpha value is -3.09. The minimum atomic E-state index is -0.497. The number of nitrogens with one attached hydrogen (secondary N) is 1. The number of amides is 2. The first-order valence-corrected chi connectivity index (χ1v) is 8.22. The number of para-hydroxylation sites is 1. The Bertz CT molecular complexity index is 825. The first-order valence-electron chi connectivity index (χ1n) is 8.22. The third-order valence-corrected chi connectivity index (χ3v) is 4.01. The molecule has 0 spiro atoms. The highest BCUT2D eigenvalue weighted by molar-refractivity contribution is 5.92. The van der Waals surface area contributed by atoms with Gasteiger partial charge < -0.3 is 19.7 Å².